The molecule has 4 fully saturated rings. The van der Waals surface area contributed by atoms with Crippen LogP contribution in [0, 0.1) is 0 Å². The molecule has 13 nitrogen and oxygen atoms in total. The molecule has 4 aromatic carbocycles. The summed E-state index contributed by atoms with van der Waals surface area (Å²) in [5, 5.41) is 2.90. The quantitative estimate of drug-likeness (QED) is 0.115. The molecule has 0 bridgehead atoms. The van der Waals surface area contributed by atoms with Crippen molar-refractivity contribution in [2.75, 3.05) is 27.4 Å². The third-order valence-corrected chi connectivity index (χ3v) is 14.9. The predicted molar refractivity (Wildman–Crippen MR) is 233 cm³/mol. The fourth-order valence-electron chi connectivity index (χ4n) is 9.98. The van der Waals surface area contributed by atoms with Gasteiger partial charge in [0.1, 0.15) is 41.5 Å². The number of methoxy groups -OCH3 is 2. The van der Waals surface area contributed by atoms with Crippen LogP contribution in [0.5, 0.6) is 11.5 Å². The molecule has 1 spiro atoms. The molecule has 4 aromatic rings. The summed E-state index contributed by atoms with van der Waals surface area (Å²) < 4.78 is 59.2. The molecule has 5 heterocycles. The number of ether oxygens (including phenoxy) is 4. The maximum atomic E-state index is 17.7. The Hall–Kier alpha value is -5.08. The second kappa shape index (κ2) is 17.2. The maximum absolute atomic E-state index is 17.7. The number of carbonyl (C=O) groups is 1. The zero-order valence-corrected chi connectivity index (χ0v) is 35.6. The zero-order chi connectivity index (χ0) is 42.3. The van der Waals surface area contributed by atoms with Crippen LogP contribution in [-0.2, 0) is 24.1 Å². The van der Waals surface area contributed by atoms with Crippen LogP contribution in [0.25, 0.3) is 0 Å². The molecule has 15 heteroatoms. The lowest BCUT2D eigenvalue weighted by Gasteiger charge is -2.37. The number of amides is 1. The summed E-state index contributed by atoms with van der Waals surface area (Å²) in [4.78, 5) is 28.6. The van der Waals surface area contributed by atoms with Crippen molar-refractivity contribution in [2.24, 2.45) is 15.0 Å². The van der Waals surface area contributed by atoms with Crippen molar-refractivity contribution in [1.29, 1.82) is 0 Å². The first-order valence-electron chi connectivity index (χ1n) is 21.4. The Morgan fingerprint density at radius 3 is 2.18 bits per heavy atom. The summed E-state index contributed by atoms with van der Waals surface area (Å²) in [7, 11) is 1.67. The summed E-state index contributed by atoms with van der Waals surface area (Å²) in [5.74, 6) is 1.39. The van der Waals surface area contributed by atoms with Gasteiger partial charge in [-0.05, 0) is 78.8 Å². The Balaban J connectivity index is 0.984. The Labute approximate surface area is 361 Å². The predicted octanol–water partition coefficient (Wildman–Crippen LogP) is 7.40. The Kier molecular flexibility index (Phi) is 11.4. The van der Waals surface area contributed by atoms with Crippen molar-refractivity contribution >= 4 is 32.9 Å². The highest BCUT2D eigenvalue weighted by Gasteiger charge is 2.60. The van der Waals surface area contributed by atoms with Crippen molar-refractivity contribution in [1.82, 2.24) is 14.9 Å². The highest BCUT2D eigenvalue weighted by atomic mass is 31.2. The number of alkyl halides is 1. The molecule has 5 aliphatic heterocycles. The van der Waals surface area contributed by atoms with Gasteiger partial charge in [0.25, 0.3) is 14.4 Å². The number of hydrogen-bond acceptors (Lipinski definition) is 12. The van der Waals surface area contributed by atoms with E-state index >= 15 is 4.39 Å². The SMILES string of the molecule is COc1ccc(C(OC[C@H]2O[C@@H](N3C=NC4C(NC(=O)c5ccccc5)=NC=NC43)[C@H](F)[C@@H]2O[P@@]2OC3(CCCC3)[C@@H]3CCCN32)(c2ccccc2)c2ccc(OC)cc2)cc1. The lowest BCUT2D eigenvalue weighted by atomic mass is 9.80. The standard InChI is InChI=1S/C47H50FN6O7P/c1-56-35-21-17-33(18-22-35)47(32-14-7-4-8-15-32,34-19-23-36(57-2)24-20-34)58-28-37-41(60-62-54-27-11-16-38(54)46(61-62)25-9-10-26-46)39(48)45(59-37)53-30-51-40-42(49-29-50-43(40)53)52-44(55)31-12-5-3-6-13-31/h3-8,12-15,17-24,29-30,37-41,43,45H,9-11,16,25-28H2,1-2H3,(H,49,50,52,55)/t37-,38+,39-,40?,41-,43?,45-,62+/m1/s1. The van der Waals surface area contributed by atoms with Gasteiger partial charge in [0.05, 0.1) is 32.8 Å². The van der Waals surface area contributed by atoms with Gasteiger partial charge in [-0.3, -0.25) is 9.79 Å². The van der Waals surface area contributed by atoms with Crippen molar-refractivity contribution in [2.45, 2.75) is 92.6 Å². The fourth-order valence-corrected chi connectivity index (χ4v) is 12.2. The molecule has 0 aromatic heterocycles. The monoisotopic (exact) mass is 860 g/mol. The van der Waals surface area contributed by atoms with E-state index in [0.717, 1.165) is 61.8 Å². The number of halogens is 1. The number of carbonyl (C=O) groups excluding carboxylic acids is 1. The molecule has 8 atom stereocenters. The van der Waals surface area contributed by atoms with Crippen LogP contribution < -0.4 is 14.8 Å². The van der Waals surface area contributed by atoms with Crippen molar-refractivity contribution in [3.05, 3.63) is 131 Å². The summed E-state index contributed by atoms with van der Waals surface area (Å²) in [5.41, 5.74) is 1.56. The average Bonchev–Trinajstić information content (AvgIpc) is 4.18. The number of nitrogens with zero attached hydrogens (tertiary/aromatic N) is 5. The molecule has 1 amide bonds. The minimum Gasteiger partial charge on any atom is -0.497 e. The number of nitrogens with one attached hydrogen (secondary N) is 1. The number of rotatable bonds is 12. The molecule has 1 N–H and O–H groups in total. The lowest BCUT2D eigenvalue weighted by molar-refractivity contribution is -0.103. The first-order valence-corrected chi connectivity index (χ1v) is 22.5. The molecule has 2 unspecified atom stereocenters. The summed E-state index contributed by atoms with van der Waals surface area (Å²) in [6.07, 6.45) is 3.67. The van der Waals surface area contributed by atoms with Crippen LogP contribution in [0.4, 0.5) is 4.39 Å². The summed E-state index contributed by atoms with van der Waals surface area (Å²) in [6.45, 7) is 0.780. The van der Waals surface area contributed by atoms with Gasteiger partial charge in [-0.1, -0.05) is 85.6 Å². The molecule has 10 rings (SSSR count). The molecule has 1 aliphatic carbocycles. The van der Waals surface area contributed by atoms with E-state index in [1.807, 2.05) is 84.9 Å². The van der Waals surface area contributed by atoms with E-state index < -0.39 is 50.9 Å². The second-order valence-corrected chi connectivity index (χ2v) is 17.9. The molecular formula is C47H50FN6O7P. The van der Waals surface area contributed by atoms with E-state index in [9.17, 15) is 4.79 Å². The van der Waals surface area contributed by atoms with Crippen LogP contribution in [0.2, 0.25) is 0 Å². The number of benzene rings is 4. The highest BCUT2D eigenvalue weighted by molar-refractivity contribution is 7.45. The minimum absolute atomic E-state index is 0.0610. The van der Waals surface area contributed by atoms with E-state index in [1.165, 1.54) is 6.34 Å². The smallest absolute Gasteiger partial charge is 0.260 e. The normalized spacial score (nSPS) is 28.6. The van der Waals surface area contributed by atoms with E-state index in [-0.39, 0.29) is 24.2 Å². The Morgan fingerprint density at radius 2 is 1.52 bits per heavy atom. The van der Waals surface area contributed by atoms with Crippen LogP contribution in [-0.4, -0.2) is 110 Å². The van der Waals surface area contributed by atoms with Gasteiger partial charge >= 0.3 is 0 Å². The molecule has 6 aliphatic rings. The second-order valence-electron chi connectivity index (χ2n) is 16.5. The van der Waals surface area contributed by atoms with Gasteiger partial charge in [0.15, 0.2) is 24.6 Å². The molecule has 1 saturated carbocycles. The number of hydrogen-bond donors (Lipinski definition) is 1. The van der Waals surface area contributed by atoms with Crippen molar-refractivity contribution < 1.29 is 37.2 Å². The van der Waals surface area contributed by atoms with Gasteiger partial charge < -0.3 is 38.2 Å². The van der Waals surface area contributed by atoms with Crippen LogP contribution in [0.1, 0.15) is 65.6 Å². The molecule has 0 radical (unpaired) electrons. The van der Waals surface area contributed by atoms with Crippen LogP contribution >= 0.6 is 8.53 Å². The van der Waals surface area contributed by atoms with Crippen molar-refractivity contribution in [3.63, 3.8) is 0 Å². The van der Waals surface area contributed by atoms with E-state index in [4.69, 9.17) is 33.0 Å². The van der Waals surface area contributed by atoms with Crippen LogP contribution in [0.3, 0.4) is 0 Å². The first kappa shape index (κ1) is 41.0. The zero-order valence-electron chi connectivity index (χ0n) is 34.7. The topological polar surface area (TPSA) is 128 Å². The lowest BCUT2D eigenvalue weighted by Crippen LogP contribution is -2.52. The largest absolute Gasteiger partial charge is 0.497 e. The van der Waals surface area contributed by atoms with Gasteiger partial charge in [-0.15, -0.1) is 0 Å². The van der Waals surface area contributed by atoms with E-state index in [0.29, 0.717) is 22.9 Å². The van der Waals surface area contributed by atoms with Crippen LogP contribution in [0.15, 0.2) is 124 Å². The molecule has 322 valence electrons. The molecular weight excluding hydrogens is 811 g/mol. The first-order chi connectivity index (χ1) is 30.4. The Morgan fingerprint density at radius 1 is 0.871 bits per heavy atom. The number of aliphatic imine (C=N–C) groups is 3. The third kappa shape index (κ3) is 7.30. The summed E-state index contributed by atoms with van der Waals surface area (Å²) in [6, 6.07) is 34.0. The van der Waals surface area contributed by atoms with Gasteiger partial charge in [-0.2, -0.15) is 0 Å². The van der Waals surface area contributed by atoms with Gasteiger partial charge in [-0.25, -0.2) is 19.0 Å². The average molecular weight is 861 g/mol. The highest BCUT2D eigenvalue weighted by Crippen LogP contribution is 2.65. The van der Waals surface area contributed by atoms with E-state index in [1.54, 1.807) is 49.7 Å². The Bertz CT molecular complexity index is 2250. The number of amidine groups is 1. The maximum Gasteiger partial charge on any atom is 0.260 e. The summed E-state index contributed by atoms with van der Waals surface area (Å²) >= 11 is 0. The minimum atomic E-state index is -1.66. The van der Waals surface area contributed by atoms with Crippen molar-refractivity contribution in [3.8, 4) is 11.5 Å². The van der Waals surface area contributed by atoms with Gasteiger partial charge in [0.2, 0.25) is 0 Å². The van der Waals surface area contributed by atoms with Gasteiger partial charge in [0, 0.05) is 18.2 Å². The third-order valence-electron chi connectivity index (χ3n) is 13.1. The molecule has 62 heavy (non-hydrogen) atoms. The fraction of sp³-hybridized carbons (Fsp3) is 0.404. The van der Waals surface area contributed by atoms with E-state index in [2.05, 4.69) is 20.0 Å². The number of fused-ring (bicyclic) bond motifs is 3. The molecule has 3 saturated heterocycles.